The number of hydrogen-bond donors (Lipinski definition) is 1. The van der Waals surface area contributed by atoms with E-state index < -0.39 is 0 Å². The molecule has 0 saturated carbocycles. The van der Waals surface area contributed by atoms with E-state index in [1.807, 2.05) is 0 Å². The number of aryl methyl sites for hydroxylation is 2. The molecule has 0 fully saturated rings. The molecule has 0 aliphatic heterocycles. The molecule has 1 aromatic heterocycles. The van der Waals surface area contributed by atoms with Crippen LogP contribution >= 0.6 is 15.9 Å². The fourth-order valence-corrected chi connectivity index (χ4v) is 3.96. The van der Waals surface area contributed by atoms with Crippen LogP contribution in [0.4, 0.5) is 0 Å². The molecule has 1 atom stereocenters. The van der Waals surface area contributed by atoms with E-state index in [0.29, 0.717) is 5.92 Å². The third-order valence-electron chi connectivity index (χ3n) is 4.49. The summed E-state index contributed by atoms with van der Waals surface area (Å²) >= 11 is 3.56. The number of aromatic amines is 1. The van der Waals surface area contributed by atoms with Gasteiger partial charge in [-0.3, -0.25) is 0 Å². The van der Waals surface area contributed by atoms with Gasteiger partial charge in [-0.25, -0.2) is 4.98 Å². The summed E-state index contributed by atoms with van der Waals surface area (Å²) in [6.45, 7) is 2.12. The number of nitrogens with zero attached hydrogens (tertiary/aromatic N) is 1. The largest absolute Gasteiger partial charge is 0.342 e. The fraction of sp³-hybridized carbons (Fsp3) is 0.278. The first-order chi connectivity index (χ1) is 10.2. The number of hydrogen-bond acceptors (Lipinski definition) is 1. The SMILES string of the molecule is Cc1cc(Br)cc2[nH]c(C3CCc4ccccc4C3)nc12. The smallest absolute Gasteiger partial charge is 0.110 e. The average molecular weight is 341 g/mol. The number of nitrogens with one attached hydrogen (secondary N) is 1. The molecule has 0 amide bonds. The molecule has 106 valence electrons. The molecule has 1 aliphatic carbocycles. The minimum atomic E-state index is 0.505. The van der Waals surface area contributed by atoms with Crippen LogP contribution in [0.3, 0.4) is 0 Å². The van der Waals surface area contributed by atoms with Gasteiger partial charge in [-0.05, 0) is 55.0 Å². The van der Waals surface area contributed by atoms with Crippen molar-refractivity contribution in [3.05, 3.63) is 63.4 Å². The van der Waals surface area contributed by atoms with Crippen molar-refractivity contribution in [2.45, 2.75) is 32.1 Å². The zero-order valence-electron chi connectivity index (χ0n) is 12.0. The zero-order valence-corrected chi connectivity index (χ0v) is 13.6. The van der Waals surface area contributed by atoms with E-state index in [2.05, 4.69) is 64.2 Å². The lowest BCUT2D eigenvalue weighted by molar-refractivity contribution is 0.561. The lowest BCUT2D eigenvalue weighted by atomic mass is 9.83. The molecule has 1 N–H and O–H groups in total. The van der Waals surface area contributed by atoms with Gasteiger partial charge in [0.2, 0.25) is 0 Å². The number of imidazole rings is 1. The summed E-state index contributed by atoms with van der Waals surface area (Å²) in [7, 11) is 0. The van der Waals surface area contributed by atoms with Crippen molar-refractivity contribution in [1.82, 2.24) is 9.97 Å². The predicted molar refractivity (Wildman–Crippen MR) is 89.7 cm³/mol. The van der Waals surface area contributed by atoms with Gasteiger partial charge in [0.25, 0.3) is 0 Å². The van der Waals surface area contributed by atoms with Crippen molar-refractivity contribution in [2.75, 3.05) is 0 Å². The summed E-state index contributed by atoms with van der Waals surface area (Å²) in [5, 5.41) is 0. The van der Waals surface area contributed by atoms with Crippen LogP contribution in [0.15, 0.2) is 40.9 Å². The quantitative estimate of drug-likeness (QED) is 0.670. The Hall–Kier alpha value is -1.61. The molecule has 1 aliphatic rings. The minimum Gasteiger partial charge on any atom is -0.342 e. The Morgan fingerprint density at radius 2 is 2.00 bits per heavy atom. The maximum atomic E-state index is 4.87. The zero-order chi connectivity index (χ0) is 14.4. The van der Waals surface area contributed by atoms with Gasteiger partial charge in [0.05, 0.1) is 11.0 Å². The summed E-state index contributed by atoms with van der Waals surface area (Å²) in [6, 6.07) is 13.0. The first-order valence-electron chi connectivity index (χ1n) is 7.43. The monoisotopic (exact) mass is 340 g/mol. The maximum Gasteiger partial charge on any atom is 0.110 e. The summed E-state index contributed by atoms with van der Waals surface area (Å²) < 4.78 is 1.11. The second kappa shape index (κ2) is 4.99. The molecule has 21 heavy (non-hydrogen) atoms. The van der Waals surface area contributed by atoms with Gasteiger partial charge in [0.1, 0.15) is 5.82 Å². The Bertz CT molecular complexity index is 819. The summed E-state index contributed by atoms with van der Waals surface area (Å²) in [5.41, 5.74) is 6.44. The molecule has 3 heteroatoms. The Balaban J connectivity index is 1.73. The number of H-pyrrole nitrogens is 1. The van der Waals surface area contributed by atoms with Gasteiger partial charge < -0.3 is 4.98 Å². The molecule has 3 aromatic rings. The average Bonchev–Trinajstić information content (AvgIpc) is 2.91. The number of benzene rings is 2. The summed E-state index contributed by atoms with van der Waals surface area (Å²) in [4.78, 5) is 8.41. The fourth-order valence-electron chi connectivity index (χ4n) is 3.39. The normalized spacial score (nSPS) is 17.9. The second-order valence-electron chi connectivity index (χ2n) is 5.95. The van der Waals surface area contributed by atoms with E-state index in [4.69, 9.17) is 4.98 Å². The molecule has 0 bridgehead atoms. The van der Waals surface area contributed by atoms with Gasteiger partial charge in [-0.1, -0.05) is 40.2 Å². The highest BCUT2D eigenvalue weighted by molar-refractivity contribution is 9.10. The maximum absolute atomic E-state index is 4.87. The van der Waals surface area contributed by atoms with E-state index in [9.17, 15) is 0 Å². The van der Waals surface area contributed by atoms with Gasteiger partial charge in [-0.15, -0.1) is 0 Å². The van der Waals surface area contributed by atoms with Crippen molar-refractivity contribution in [2.24, 2.45) is 0 Å². The molecule has 0 spiro atoms. The van der Waals surface area contributed by atoms with Gasteiger partial charge in [-0.2, -0.15) is 0 Å². The van der Waals surface area contributed by atoms with Crippen LogP contribution in [-0.2, 0) is 12.8 Å². The lowest BCUT2D eigenvalue weighted by Gasteiger charge is -2.22. The van der Waals surface area contributed by atoms with Crippen LogP contribution in [0.1, 0.15) is 34.9 Å². The van der Waals surface area contributed by atoms with Crippen LogP contribution in [0.5, 0.6) is 0 Å². The molecular weight excluding hydrogens is 324 g/mol. The molecule has 2 nitrogen and oxygen atoms in total. The van der Waals surface area contributed by atoms with Crippen molar-refractivity contribution in [1.29, 1.82) is 0 Å². The number of halogens is 1. The minimum absolute atomic E-state index is 0.505. The van der Waals surface area contributed by atoms with Crippen molar-refractivity contribution in [3.63, 3.8) is 0 Å². The third-order valence-corrected chi connectivity index (χ3v) is 4.95. The van der Waals surface area contributed by atoms with Crippen molar-refractivity contribution in [3.8, 4) is 0 Å². The highest BCUT2D eigenvalue weighted by atomic mass is 79.9. The molecule has 1 unspecified atom stereocenters. The Labute approximate surface area is 132 Å². The van der Waals surface area contributed by atoms with Crippen molar-refractivity contribution >= 4 is 27.0 Å². The number of rotatable bonds is 1. The van der Waals surface area contributed by atoms with E-state index in [1.165, 1.54) is 23.1 Å². The van der Waals surface area contributed by atoms with E-state index in [0.717, 1.165) is 34.2 Å². The molecule has 2 aromatic carbocycles. The van der Waals surface area contributed by atoms with E-state index >= 15 is 0 Å². The molecule has 0 radical (unpaired) electrons. The number of fused-ring (bicyclic) bond motifs is 2. The standard InChI is InChI=1S/C18H17BrN2/c1-11-8-15(19)10-16-17(11)21-18(20-16)14-7-6-12-4-2-3-5-13(12)9-14/h2-5,8,10,14H,6-7,9H2,1H3,(H,20,21). The van der Waals surface area contributed by atoms with Crippen LogP contribution in [-0.4, -0.2) is 9.97 Å². The lowest BCUT2D eigenvalue weighted by Crippen LogP contribution is -2.13. The first-order valence-corrected chi connectivity index (χ1v) is 8.22. The predicted octanol–water partition coefficient (Wildman–Crippen LogP) is 4.91. The molecule has 1 heterocycles. The number of aromatic nitrogens is 2. The van der Waals surface area contributed by atoms with Crippen LogP contribution in [0.25, 0.3) is 11.0 Å². The second-order valence-corrected chi connectivity index (χ2v) is 6.87. The Morgan fingerprint density at radius 1 is 1.19 bits per heavy atom. The third kappa shape index (κ3) is 2.30. The highest BCUT2D eigenvalue weighted by Crippen LogP contribution is 2.33. The van der Waals surface area contributed by atoms with Crippen LogP contribution in [0, 0.1) is 6.92 Å². The van der Waals surface area contributed by atoms with Crippen molar-refractivity contribution < 1.29 is 0 Å². The summed E-state index contributed by atoms with van der Waals surface area (Å²) in [5.74, 6) is 1.64. The molecular formula is C18H17BrN2. The highest BCUT2D eigenvalue weighted by Gasteiger charge is 2.22. The first kappa shape index (κ1) is 13.1. The molecule has 4 rings (SSSR count). The summed E-state index contributed by atoms with van der Waals surface area (Å²) in [6.07, 6.45) is 3.42. The Morgan fingerprint density at radius 3 is 2.86 bits per heavy atom. The molecule has 0 saturated heterocycles. The van der Waals surface area contributed by atoms with Crippen LogP contribution < -0.4 is 0 Å². The van der Waals surface area contributed by atoms with E-state index in [-0.39, 0.29) is 0 Å². The van der Waals surface area contributed by atoms with E-state index in [1.54, 1.807) is 0 Å². The van der Waals surface area contributed by atoms with Gasteiger partial charge >= 0.3 is 0 Å². The van der Waals surface area contributed by atoms with Gasteiger partial charge in [0, 0.05) is 10.4 Å². The Kier molecular flexibility index (Phi) is 3.11. The topological polar surface area (TPSA) is 28.7 Å². The van der Waals surface area contributed by atoms with Crippen LogP contribution in [0.2, 0.25) is 0 Å². The van der Waals surface area contributed by atoms with Gasteiger partial charge in [0.15, 0.2) is 0 Å².